The molecule has 1 N–H and O–H groups in total. The lowest BCUT2D eigenvalue weighted by atomic mass is 10.0. The third-order valence-corrected chi connectivity index (χ3v) is 4.15. The fourth-order valence-corrected chi connectivity index (χ4v) is 2.46. The largest absolute Gasteiger partial charge is 0.497 e. The van der Waals surface area contributed by atoms with Gasteiger partial charge in [-0.05, 0) is 54.7 Å². The SMILES string of the molecule is COc1cccc(CNC(=O)C(C)Oc2cc(C(C)C)ccc2C)c1. The molecule has 0 saturated heterocycles. The Balaban J connectivity index is 1.97. The molecule has 2 aromatic rings. The number of benzene rings is 2. The summed E-state index contributed by atoms with van der Waals surface area (Å²) in [6.45, 7) is 8.47. The second-order valence-electron chi connectivity index (χ2n) is 6.51. The molecule has 0 bridgehead atoms. The van der Waals surface area contributed by atoms with Crippen molar-refractivity contribution in [3.8, 4) is 11.5 Å². The van der Waals surface area contributed by atoms with E-state index in [1.54, 1.807) is 14.0 Å². The summed E-state index contributed by atoms with van der Waals surface area (Å²) in [6, 6.07) is 13.8. The number of amides is 1. The summed E-state index contributed by atoms with van der Waals surface area (Å²) in [5, 5.41) is 2.91. The van der Waals surface area contributed by atoms with Crippen LogP contribution in [0.5, 0.6) is 11.5 Å². The molecule has 0 aliphatic heterocycles. The van der Waals surface area contributed by atoms with Crippen LogP contribution in [0.3, 0.4) is 0 Å². The van der Waals surface area contributed by atoms with Gasteiger partial charge in [-0.25, -0.2) is 0 Å². The van der Waals surface area contributed by atoms with Gasteiger partial charge in [0.05, 0.1) is 7.11 Å². The van der Waals surface area contributed by atoms with Crippen LogP contribution in [0.15, 0.2) is 42.5 Å². The molecule has 134 valence electrons. The maximum absolute atomic E-state index is 12.3. The highest BCUT2D eigenvalue weighted by Gasteiger charge is 2.16. The third-order valence-electron chi connectivity index (χ3n) is 4.15. The Kier molecular flexibility index (Phi) is 6.45. The fourth-order valence-electron chi connectivity index (χ4n) is 2.46. The number of hydrogen-bond acceptors (Lipinski definition) is 3. The predicted molar refractivity (Wildman–Crippen MR) is 100 cm³/mol. The van der Waals surface area contributed by atoms with Gasteiger partial charge in [-0.3, -0.25) is 4.79 Å². The number of carbonyl (C=O) groups excluding carboxylic acids is 1. The Morgan fingerprint density at radius 1 is 1.12 bits per heavy atom. The average molecular weight is 341 g/mol. The van der Waals surface area contributed by atoms with Gasteiger partial charge in [-0.2, -0.15) is 0 Å². The minimum Gasteiger partial charge on any atom is -0.497 e. The quantitative estimate of drug-likeness (QED) is 0.820. The van der Waals surface area contributed by atoms with E-state index in [4.69, 9.17) is 9.47 Å². The molecule has 0 fully saturated rings. The Bertz CT molecular complexity index is 725. The summed E-state index contributed by atoms with van der Waals surface area (Å²) in [4.78, 5) is 12.3. The molecular weight excluding hydrogens is 314 g/mol. The highest BCUT2D eigenvalue weighted by atomic mass is 16.5. The lowest BCUT2D eigenvalue weighted by molar-refractivity contribution is -0.127. The van der Waals surface area contributed by atoms with E-state index >= 15 is 0 Å². The fraction of sp³-hybridized carbons (Fsp3) is 0.381. The van der Waals surface area contributed by atoms with Crippen LogP contribution in [0.4, 0.5) is 0 Å². The Hall–Kier alpha value is -2.49. The first-order valence-corrected chi connectivity index (χ1v) is 8.58. The van der Waals surface area contributed by atoms with Gasteiger partial charge < -0.3 is 14.8 Å². The number of ether oxygens (including phenoxy) is 2. The molecule has 2 aromatic carbocycles. The van der Waals surface area contributed by atoms with Crippen molar-refractivity contribution in [2.75, 3.05) is 7.11 Å². The average Bonchev–Trinajstić information content (AvgIpc) is 2.61. The highest BCUT2D eigenvalue weighted by molar-refractivity contribution is 5.80. The molecule has 1 amide bonds. The van der Waals surface area contributed by atoms with Crippen LogP contribution in [-0.4, -0.2) is 19.1 Å². The van der Waals surface area contributed by atoms with Gasteiger partial charge >= 0.3 is 0 Å². The van der Waals surface area contributed by atoms with Gasteiger partial charge in [0, 0.05) is 6.54 Å². The van der Waals surface area contributed by atoms with E-state index in [9.17, 15) is 4.79 Å². The van der Waals surface area contributed by atoms with Crippen molar-refractivity contribution in [2.24, 2.45) is 0 Å². The van der Waals surface area contributed by atoms with Gasteiger partial charge in [-0.15, -0.1) is 0 Å². The van der Waals surface area contributed by atoms with E-state index in [0.717, 1.165) is 22.6 Å². The van der Waals surface area contributed by atoms with E-state index in [0.29, 0.717) is 12.5 Å². The maximum atomic E-state index is 12.3. The number of rotatable bonds is 7. The molecule has 0 aromatic heterocycles. The summed E-state index contributed by atoms with van der Waals surface area (Å²) < 4.78 is 11.1. The van der Waals surface area contributed by atoms with E-state index in [2.05, 4.69) is 25.2 Å². The minimum atomic E-state index is -0.563. The monoisotopic (exact) mass is 341 g/mol. The standard InChI is InChI=1S/C21H27NO3/c1-14(2)18-10-9-15(3)20(12-18)25-16(4)21(23)22-13-17-7-6-8-19(11-17)24-5/h6-12,14,16H,13H2,1-5H3,(H,22,23). The number of hydrogen-bond donors (Lipinski definition) is 1. The first-order chi connectivity index (χ1) is 11.9. The molecular formula is C21H27NO3. The van der Waals surface area contributed by atoms with Gasteiger partial charge in [0.25, 0.3) is 5.91 Å². The summed E-state index contributed by atoms with van der Waals surface area (Å²) in [7, 11) is 1.63. The van der Waals surface area contributed by atoms with Crippen LogP contribution in [0.25, 0.3) is 0 Å². The first-order valence-electron chi connectivity index (χ1n) is 8.58. The number of carbonyl (C=O) groups is 1. The molecule has 1 unspecified atom stereocenters. The molecule has 0 saturated carbocycles. The van der Waals surface area contributed by atoms with Crippen molar-refractivity contribution in [3.05, 3.63) is 59.2 Å². The Morgan fingerprint density at radius 2 is 1.88 bits per heavy atom. The lowest BCUT2D eigenvalue weighted by Crippen LogP contribution is -2.36. The van der Waals surface area contributed by atoms with Gasteiger partial charge in [0.1, 0.15) is 11.5 Å². The highest BCUT2D eigenvalue weighted by Crippen LogP contribution is 2.25. The summed E-state index contributed by atoms with van der Waals surface area (Å²) >= 11 is 0. The van der Waals surface area contributed by atoms with Crippen molar-refractivity contribution < 1.29 is 14.3 Å². The van der Waals surface area contributed by atoms with Crippen molar-refractivity contribution >= 4 is 5.91 Å². The second-order valence-corrected chi connectivity index (χ2v) is 6.51. The Morgan fingerprint density at radius 3 is 2.56 bits per heavy atom. The Labute approximate surface area is 150 Å². The zero-order valence-corrected chi connectivity index (χ0v) is 15.6. The molecule has 4 heteroatoms. The van der Waals surface area contributed by atoms with Gasteiger partial charge in [0.15, 0.2) is 6.10 Å². The second kappa shape index (κ2) is 8.56. The lowest BCUT2D eigenvalue weighted by Gasteiger charge is -2.18. The van der Waals surface area contributed by atoms with Crippen LogP contribution >= 0.6 is 0 Å². The molecule has 25 heavy (non-hydrogen) atoms. The van der Waals surface area contributed by atoms with Crippen LogP contribution in [0.2, 0.25) is 0 Å². The topological polar surface area (TPSA) is 47.6 Å². The molecule has 4 nitrogen and oxygen atoms in total. The summed E-state index contributed by atoms with van der Waals surface area (Å²) in [5.74, 6) is 1.81. The number of methoxy groups -OCH3 is 1. The molecule has 2 rings (SSSR count). The van der Waals surface area contributed by atoms with E-state index < -0.39 is 6.10 Å². The third kappa shape index (κ3) is 5.24. The van der Waals surface area contributed by atoms with Crippen LogP contribution in [-0.2, 0) is 11.3 Å². The molecule has 0 aliphatic rings. The van der Waals surface area contributed by atoms with Crippen molar-refractivity contribution in [2.45, 2.75) is 46.3 Å². The van der Waals surface area contributed by atoms with Crippen molar-refractivity contribution in [3.63, 3.8) is 0 Å². The van der Waals surface area contributed by atoms with Gasteiger partial charge in [-0.1, -0.05) is 38.1 Å². The molecule has 0 heterocycles. The first kappa shape index (κ1) is 18.8. The maximum Gasteiger partial charge on any atom is 0.261 e. The predicted octanol–water partition coefficient (Wildman–Crippen LogP) is 4.21. The molecule has 1 atom stereocenters. The van der Waals surface area contributed by atoms with E-state index in [-0.39, 0.29) is 5.91 Å². The molecule has 0 radical (unpaired) electrons. The zero-order valence-electron chi connectivity index (χ0n) is 15.6. The smallest absolute Gasteiger partial charge is 0.261 e. The minimum absolute atomic E-state index is 0.142. The molecule has 0 spiro atoms. The summed E-state index contributed by atoms with van der Waals surface area (Å²) in [5.41, 5.74) is 3.21. The number of nitrogens with one attached hydrogen (secondary N) is 1. The van der Waals surface area contributed by atoms with E-state index in [1.807, 2.05) is 43.3 Å². The van der Waals surface area contributed by atoms with Crippen LogP contribution in [0.1, 0.15) is 43.4 Å². The van der Waals surface area contributed by atoms with Crippen LogP contribution in [0, 0.1) is 6.92 Å². The van der Waals surface area contributed by atoms with Gasteiger partial charge in [0.2, 0.25) is 0 Å². The summed E-state index contributed by atoms with van der Waals surface area (Å²) in [6.07, 6.45) is -0.563. The number of aryl methyl sites for hydroxylation is 1. The van der Waals surface area contributed by atoms with Crippen molar-refractivity contribution in [1.29, 1.82) is 0 Å². The van der Waals surface area contributed by atoms with Crippen LogP contribution < -0.4 is 14.8 Å². The molecule has 0 aliphatic carbocycles. The van der Waals surface area contributed by atoms with Crippen molar-refractivity contribution in [1.82, 2.24) is 5.32 Å². The zero-order chi connectivity index (χ0) is 18.4. The normalized spacial score (nSPS) is 11.9. The van der Waals surface area contributed by atoms with E-state index in [1.165, 1.54) is 5.56 Å².